The zero-order valence-corrected chi connectivity index (χ0v) is 16.7. The fraction of sp³-hybridized carbons (Fsp3) is 0.412. The Labute approximate surface area is 163 Å². The molecule has 0 atom stereocenters. The fourth-order valence-corrected chi connectivity index (χ4v) is 4.87. The smallest absolute Gasteiger partial charge is 0.260 e. The molecular weight excluding hydrogens is 392 g/mol. The first-order valence-corrected chi connectivity index (χ1v) is 10.3. The average molecular weight is 413 g/mol. The Morgan fingerprint density at radius 3 is 2.37 bits per heavy atom. The van der Waals surface area contributed by atoms with E-state index in [0.717, 1.165) is 0 Å². The van der Waals surface area contributed by atoms with Gasteiger partial charge in [0.25, 0.3) is 5.91 Å². The largest absolute Gasteiger partial charge is 0.484 e. The van der Waals surface area contributed by atoms with Gasteiger partial charge in [0.1, 0.15) is 10.6 Å². The second kappa shape index (κ2) is 7.87. The third-order valence-electron chi connectivity index (χ3n) is 4.43. The van der Waals surface area contributed by atoms with Crippen LogP contribution in [0, 0.1) is 13.8 Å². The molecule has 0 radical (unpaired) electrons. The normalized spacial score (nSPS) is 15.7. The molecule has 27 heavy (non-hydrogen) atoms. The standard InChI is InChI=1S/C17H21ClN4O4S/c1-12-17(13(2)20-19-12)27(24,25)22-9-7-21(8-10-22)16(23)11-26-15-5-3-14(18)4-6-15/h3-6H,7-11H2,1-2H3,(H,19,20). The molecule has 0 bridgehead atoms. The van der Waals surface area contributed by atoms with E-state index in [9.17, 15) is 13.2 Å². The van der Waals surface area contributed by atoms with Crippen molar-refractivity contribution in [3.05, 3.63) is 40.7 Å². The second-order valence-corrected chi connectivity index (χ2v) is 8.60. The van der Waals surface area contributed by atoms with Crippen molar-refractivity contribution in [2.24, 2.45) is 0 Å². The number of aromatic nitrogens is 2. The van der Waals surface area contributed by atoms with Crippen LogP contribution in [0.5, 0.6) is 5.75 Å². The highest BCUT2D eigenvalue weighted by atomic mass is 35.5. The van der Waals surface area contributed by atoms with Gasteiger partial charge in [-0.1, -0.05) is 11.6 Å². The van der Waals surface area contributed by atoms with Crippen molar-refractivity contribution in [1.82, 2.24) is 19.4 Å². The van der Waals surface area contributed by atoms with E-state index in [2.05, 4.69) is 10.2 Å². The molecule has 1 aromatic carbocycles. The number of nitrogens with one attached hydrogen (secondary N) is 1. The summed E-state index contributed by atoms with van der Waals surface area (Å²) in [5.74, 6) is 0.373. The number of sulfonamides is 1. The Bertz CT molecular complexity index is 899. The van der Waals surface area contributed by atoms with Crippen molar-refractivity contribution in [3.63, 3.8) is 0 Å². The lowest BCUT2D eigenvalue weighted by molar-refractivity contribution is -0.134. The summed E-state index contributed by atoms with van der Waals surface area (Å²) in [4.78, 5) is 14.1. The van der Waals surface area contributed by atoms with Crippen molar-refractivity contribution in [3.8, 4) is 5.75 Å². The maximum absolute atomic E-state index is 12.8. The zero-order chi connectivity index (χ0) is 19.6. The summed E-state index contributed by atoms with van der Waals surface area (Å²) in [6.07, 6.45) is 0. The van der Waals surface area contributed by atoms with Gasteiger partial charge in [-0.15, -0.1) is 0 Å². The number of carbonyl (C=O) groups excluding carboxylic acids is 1. The van der Waals surface area contributed by atoms with Crippen LogP contribution in [0.25, 0.3) is 0 Å². The van der Waals surface area contributed by atoms with E-state index in [0.29, 0.717) is 35.2 Å². The van der Waals surface area contributed by atoms with E-state index < -0.39 is 10.0 Å². The number of hydrogen-bond donors (Lipinski definition) is 1. The molecule has 1 amide bonds. The number of benzene rings is 1. The average Bonchev–Trinajstić information content (AvgIpc) is 3.00. The highest BCUT2D eigenvalue weighted by Gasteiger charge is 2.33. The van der Waals surface area contributed by atoms with E-state index >= 15 is 0 Å². The van der Waals surface area contributed by atoms with Crippen LogP contribution in [0.3, 0.4) is 0 Å². The van der Waals surface area contributed by atoms with Crippen LogP contribution in [0.15, 0.2) is 29.2 Å². The number of rotatable bonds is 5. The second-order valence-electron chi connectivity index (χ2n) is 6.29. The van der Waals surface area contributed by atoms with E-state index in [4.69, 9.17) is 16.3 Å². The first-order chi connectivity index (χ1) is 12.8. The van der Waals surface area contributed by atoms with E-state index in [1.807, 2.05) is 0 Å². The molecule has 1 aromatic heterocycles. The molecule has 0 aliphatic carbocycles. The predicted molar refractivity (Wildman–Crippen MR) is 100 cm³/mol. The number of aryl methyl sites for hydroxylation is 2. The lowest BCUT2D eigenvalue weighted by Gasteiger charge is -2.34. The summed E-state index contributed by atoms with van der Waals surface area (Å²) < 4.78 is 32.5. The summed E-state index contributed by atoms with van der Waals surface area (Å²) in [5.41, 5.74) is 0.963. The van der Waals surface area contributed by atoms with Crippen molar-refractivity contribution in [2.75, 3.05) is 32.8 Å². The molecule has 1 N–H and O–H groups in total. The first-order valence-electron chi connectivity index (χ1n) is 8.47. The van der Waals surface area contributed by atoms with Gasteiger partial charge in [0.2, 0.25) is 10.0 Å². The Kier molecular flexibility index (Phi) is 5.73. The third-order valence-corrected chi connectivity index (χ3v) is 6.84. The van der Waals surface area contributed by atoms with Crippen LogP contribution in [-0.4, -0.2) is 66.5 Å². The van der Waals surface area contributed by atoms with Gasteiger partial charge < -0.3 is 9.64 Å². The van der Waals surface area contributed by atoms with Gasteiger partial charge in [-0.25, -0.2) is 8.42 Å². The molecule has 1 fully saturated rings. The minimum absolute atomic E-state index is 0.103. The van der Waals surface area contributed by atoms with Gasteiger partial charge in [0.15, 0.2) is 6.61 Å². The van der Waals surface area contributed by atoms with Gasteiger partial charge in [-0.3, -0.25) is 9.89 Å². The lowest BCUT2D eigenvalue weighted by atomic mass is 10.3. The predicted octanol–water partition coefficient (Wildman–Crippen LogP) is 1.59. The number of carbonyl (C=O) groups is 1. The molecular formula is C17H21ClN4O4S. The van der Waals surface area contributed by atoms with E-state index in [-0.39, 0.29) is 30.5 Å². The van der Waals surface area contributed by atoms with Gasteiger partial charge >= 0.3 is 0 Å². The van der Waals surface area contributed by atoms with Gasteiger partial charge in [0, 0.05) is 31.2 Å². The summed E-state index contributed by atoms with van der Waals surface area (Å²) in [6.45, 7) is 4.34. The number of aromatic amines is 1. The lowest BCUT2D eigenvalue weighted by Crippen LogP contribution is -2.51. The van der Waals surface area contributed by atoms with Crippen LogP contribution in [0.4, 0.5) is 0 Å². The number of amides is 1. The molecule has 146 valence electrons. The maximum Gasteiger partial charge on any atom is 0.260 e. The topological polar surface area (TPSA) is 95.6 Å². The number of H-pyrrole nitrogens is 1. The Morgan fingerprint density at radius 2 is 1.81 bits per heavy atom. The van der Waals surface area contributed by atoms with Crippen LogP contribution >= 0.6 is 11.6 Å². The summed E-state index contributed by atoms with van der Waals surface area (Å²) in [7, 11) is -3.63. The minimum atomic E-state index is -3.63. The minimum Gasteiger partial charge on any atom is -0.484 e. The molecule has 0 spiro atoms. The van der Waals surface area contributed by atoms with Crippen LogP contribution in [0.2, 0.25) is 5.02 Å². The zero-order valence-electron chi connectivity index (χ0n) is 15.1. The van der Waals surface area contributed by atoms with Crippen LogP contribution < -0.4 is 4.74 Å². The number of halogens is 1. The van der Waals surface area contributed by atoms with Crippen LogP contribution in [0.1, 0.15) is 11.4 Å². The third kappa shape index (κ3) is 4.26. The number of hydrogen-bond acceptors (Lipinski definition) is 5. The first kappa shape index (κ1) is 19.7. The molecule has 0 unspecified atom stereocenters. The van der Waals surface area contributed by atoms with Crippen LogP contribution in [-0.2, 0) is 14.8 Å². The molecule has 1 saturated heterocycles. The molecule has 10 heteroatoms. The van der Waals surface area contributed by atoms with Crippen molar-refractivity contribution in [1.29, 1.82) is 0 Å². The Hall–Kier alpha value is -2.10. The van der Waals surface area contributed by atoms with Gasteiger partial charge in [0.05, 0.1) is 11.4 Å². The van der Waals surface area contributed by atoms with Gasteiger partial charge in [-0.2, -0.15) is 9.40 Å². The highest BCUT2D eigenvalue weighted by Crippen LogP contribution is 2.23. The molecule has 1 aliphatic heterocycles. The molecule has 1 aliphatic rings. The van der Waals surface area contributed by atoms with E-state index in [1.54, 1.807) is 43.0 Å². The molecule has 2 aromatic rings. The molecule has 2 heterocycles. The summed E-state index contributed by atoms with van der Waals surface area (Å²) in [6, 6.07) is 6.75. The number of ether oxygens (including phenoxy) is 1. The highest BCUT2D eigenvalue weighted by molar-refractivity contribution is 7.89. The molecule has 3 rings (SSSR count). The fourth-order valence-electron chi connectivity index (χ4n) is 2.99. The Morgan fingerprint density at radius 1 is 1.19 bits per heavy atom. The monoisotopic (exact) mass is 412 g/mol. The van der Waals surface area contributed by atoms with Crippen molar-refractivity contribution >= 4 is 27.5 Å². The quantitative estimate of drug-likeness (QED) is 0.804. The number of piperazine rings is 1. The number of nitrogens with zero attached hydrogens (tertiary/aromatic N) is 3. The van der Waals surface area contributed by atoms with Crippen molar-refractivity contribution in [2.45, 2.75) is 18.7 Å². The SMILES string of the molecule is Cc1n[nH]c(C)c1S(=O)(=O)N1CCN(C(=O)COc2ccc(Cl)cc2)CC1. The van der Waals surface area contributed by atoms with Crippen molar-refractivity contribution < 1.29 is 17.9 Å². The molecule has 0 saturated carbocycles. The van der Waals surface area contributed by atoms with E-state index in [1.165, 1.54) is 4.31 Å². The van der Waals surface area contributed by atoms with Gasteiger partial charge in [-0.05, 0) is 38.1 Å². The Balaban J connectivity index is 1.56. The summed E-state index contributed by atoms with van der Waals surface area (Å²) >= 11 is 5.81. The maximum atomic E-state index is 12.8. The molecule has 8 nitrogen and oxygen atoms in total. The summed E-state index contributed by atoms with van der Waals surface area (Å²) in [5, 5.41) is 7.25.